The van der Waals surface area contributed by atoms with Crippen molar-refractivity contribution in [2.75, 3.05) is 16.8 Å². The third kappa shape index (κ3) is 4.42. The SMILES string of the molecule is Nc1ncnc(SCC(=O)Nc2ccc(C(=O)O)cc2)n1. The molecule has 9 heteroatoms. The van der Waals surface area contributed by atoms with Crippen LogP contribution >= 0.6 is 11.8 Å². The summed E-state index contributed by atoms with van der Waals surface area (Å²) >= 11 is 1.12. The Balaban J connectivity index is 1.88. The minimum atomic E-state index is -1.02. The second-order valence-electron chi connectivity index (χ2n) is 3.85. The van der Waals surface area contributed by atoms with Crippen molar-refractivity contribution in [1.82, 2.24) is 15.0 Å². The van der Waals surface area contributed by atoms with Crippen LogP contribution in [0.4, 0.5) is 11.6 Å². The fourth-order valence-corrected chi connectivity index (χ4v) is 2.00. The molecule has 0 atom stereocenters. The number of nitrogens with zero attached hydrogens (tertiary/aromatic N) is 3. The first-order valence-corrected chi connectivity index (χ1v) is 6.73. The molecule has 0 spiro atoms. The summed E-state index contributed by atoms with van der Waals surface area (Å²) in [5, 5.41) is 11.8. The van der Waals surface area contributed by atoms with E-state index in [9.17, 15) is 9.59 Å². The van der Waals surface area contributed by atoms with E-state index in [0.717, 1.165) is 11.8 Å². The van der Waals surface area contributed by atoms with Gasteiger partial charge in [-0.1, -0.05) is 11.8 Å². The summed E-state index contributed by atoms with van der Waals surface area (Å²) in [4.78, 5) is 33.8. The number of nitrogen functional groups attached to an aromatic ring is 1. The molecule has 4 N–H and O–H groups in total. The van der Waals surface area contributed by atoms with Crippen molar-refractivity contribution in [3.05, 3.63) is 36.2 Å². The topological polar surface area (TPSA) is 131 Å². The van der Waals surface area contributed by atoms with Gasteiger partial charge in [0.2, 0.25) is 11.9 Å². The van der Waals surface area contributed by atoms with E-state index in [-0.39, 0.29) is 23.2 Å². The van der Waals surface area contributed by atoms with Crippen LogP contribution in [0.1, 0.15) is 10.4 Å². The number of nitrogens with one attached hydrogen (secondary N) is 1. The zero-order valence-corrected chi connectivity index (χ0v) is 11.5. The van der Waals surface area contributed by atoms with Gasteiger partial charge in [0, 0.05) is 5.69 Å². The van der Waals surface area contributed by atoms with E-state index in [1.165, 1.54) is 30.6 Å². The van der Waals surface area contributed by atoms with Crippen LogP contribution in [0, 0.1) is 0 Å². The van der Waals surface area contributed by atoms with Crippen molar-refractivity contribution in [1.29, 1.82) is 0 Å². The molecule has 0 saturated carbocycles. The number of carboxylic acids is 1. The summed E-state index contributed by atoms with van der Waals surface area (Å²) in [6.07, 6.45) is 1.27. The minimum absolute atomic E-state index is 0.0946. The van der Waals surface area contributed by atoms with Crippen LogP contribution < -0.4 is 11.1 Å². The third-order valence-electron chi connectivity index (χ3n) is 2.32. The highest BCUT2D eigenvalue weighted by Crippen LogP contribution is 2.14. The first kappa shape index (κ1) is 14.7. The van der Waals surface area contributed by atoms with Crippen molar-refractivity contribution in [3.63, 3.8) is 0 Å². The Morgan fingerprint density at radius 2 is 1.95 bits per heavy atom. The Morgan fingerprint density at radius 1 is 1.24 bits per heavy atom. The number of nitrogens with two attached hydrogens (primary N) is 1. The smallest absolute Gasteiger partial charge is 0.335 e. The number of thioether (sulfide) groups is 1. The van der Waals surface area contributed by atoms with Gasteiger partial charge in [-0.25, -0.2) is 14.8 Å². The summed E-state index contributed by atoms with van der Waals surface area (Å²) in [5.41, 5.74) is 6.07. The minimum Gasteiger partial charge on any atom is -0.478 e. The van der Waals surface area contributed by atoms with Gasteiger partial charge in [0.1, 0.15) is 6.33 Å². The monoisotopic (exact) mass is 305 g/mol. The third-order valence-corrected chi connectivity index (χ3v) is 3.18. The van der Waals surface area contributed by atoms with E-state index in [0.29, 0.717) is 10.8 Å². The number of benzene rings is 1. The molecule has 1 heterocycles. The van der Waals surface area contributed by atoms with E-state index in [1.54, 1.807) is 0 Å². The van der Waals surface area contributed by atoms with Gasteiger partial charge in [0.25, 0.3) is 0 Å². The fourth-order valence-electron chi connectivity index (χ4n) is 1.39. The van der Waals surface area contributed by atoms with Crippen molar-refractivity contribution in [2.24, 2.45) is 0 Å². The molecule has 8 nitrogen and oxygen atoms in total. The summed E-state index contributed by atoms with van der Waals surface area (Å²) < 4.78 is 0. The van der Waals surface area contributed by atoms with Crippen LogP contribution in [0.3, 0.4) is 0 Å². The molecule has 21 heavy (non-hydrogen) atoms. The number of anilines is 2. The van der Waals surface area contributed by atoms with E-state index in [2.05, 4.69) is 20.3 Å². The standard InChI is InChI=1S/C12H11N5O3S/c13-11-14-6-15-12(17-11)21-5-9(18)16-8-3-1-7(2-4-8)10(19)20/h1-4,6H,5H2,(H,16,18)(H,19,20)(H2,13,14,15,17). The molecule has 2 aromatic rings. The van der Waals surface area contributed by atoms with Gasteiger partial charge in [0.05, 0.1) is 11.3 Å². The van der Waals surface area contributed by atoms with E-state index in [4.69, 9.17) is 10.8 Å². The van der Waals surface area contributed by atoms with Crippen molar-refractivity contribution in [2.45, 2.75) is 5.16 Å². The summed E-state index contributed by atoms with van der Waals surface area (Å²) in [6, 6.07) is 5.87. The number of hydrogen-bond donors (Lipinski definition) is 3. The second-order valence-corrected chi connectivity index (χ2v) is 4.79. The Hall–Kier alpha value is -2.68. The molecule has 1 aromatic heterocycles. The Labute approximate surface area is 123 Å². The number of carbonyl (C=O) groups is 2. The Bertz CT molecular complexity index is 662. The number of rotatable bonds is 5. The number of aromatic carboxylic acids is 1. The molecule has 0 unspecified atom stereocenters. The van der Waals surface area contributed by atoms with Crippen LogP contribution in [0.25, 0.3) is 0 Å². The fraction of sp³-hybridized carbons (Fsp3) is 0.0833. The predicted molar refractivity (Wildman–Crippen MR) is 77.0 cm³/mol. The Morgan fingerprint density at radius 3 is 2.57 bits per heavy atom. The number of carboxylic acid groups (broad SMARTS) is 1. The van der Waals surface area contributed by atoms with Gasteiger partial charge >= 0.3 is 5.97 Å². The van der Waals surface area contributed by atoms with Gasteiger partial charge in [-0.15, -0.1) is 0 Å². The predicted octanol–water partition coefficient (Wildman–Crippen LogP) is 0.883. The lowest BCUT2D eigenvalue weighted by Gasteiger charge is -2.05. The molecule has 0 saturated heterocycles. The lowest BCUT2D eigenvalue weighted by Crippen LogP contribution is -2.14. The van der Waals surface area contributed by atoms with Crippen LogP contribution in [-0.4, -0.2) is 37.7 Å². The van der Waals surface area contributed by atoms with Crippen LogP contribution in [0.2, 0.25) is 0 Å². The highest BCUT2D eigenvalue weighted by Gasteiger charge is 2.07. The number of hydrogen-bond acceptors (Lipinski definition) is 7. The number of aromatic nitrogens is 3. The lowest BCUT2D eigenvalue weighted by atomic mass is 10.2. The molecule has 108 valence electrons. The van der Waals surface area contributed by atoms with Crippen molar-refractivity contribution in [3.8, 4) is 0 Å². The quantitative estimate of drug-likeness (QED) is 0.694. The highest BCUT2D eigenvalue weighted by molar-refractivity contribution is 7.99. The van der Waals surface area contributed by atoms with Gasteiger partial charge in [0.15, 0.2) is 5.16 Å². The first-order chi connectivity index (χ1) is 10.0. The maximum Gasteiger partial charge on any atom is 0.335 e. The molecular formula is C12H11N5O3S. The second kappa shape index (κ2) is 6.66. The van der Waals surface area contributed by atoms with Crippen LogP contribution in [0.5, 0.6) is 0 Å². The van der Waals surface area contributed by atoms with Crippen molar-refractivity contribution < 1.29 is 14.7 Å². The van der Waals surface area contributed by atoms with Gasteiger partial charge in [-0.3, -0.25) is 4.79 Å². The maximum atomic E-state index is 11.7. The highest BCUT2D eigenvalue weighted by atomic mass is 32.2. The maximum absolute atomic E-state index is 11.7. The summed E-state index contributed by atoms with van der Waals surface area (Å²) in [6.45, 7) is 0. The Kier molecular flexibility index (Phi) is 4.67. The van der Waals surface area contributed by atoms with Crippen LogP contribution in [-0.2, 0) is 4.79 Å². The molecule has 0 aliphatic rings. The average Bonchev–Trinajstić information content (AvgIpc) is 2.46. The number of amides is 1. The molecule has 0 bridgehead atoms. The first-order valence-electron chi connectivity index (χ1n) is 5.75. The molecule has 0 aliphatic heterocycles. The summed E-state index contributed by atoms with van der Waals surface area (Å²) in [7, 11) is 0. The zero-order chi connectivity index (χ0) is 15.2. The summed E-state index contributed by atoms with van der Waals surface area (Å²) in [5.74, 6) is -1.08. The van der Waals surface area contributed by atoms with E-state index < -0.39 is 5.97 Å². The van der Waals surface area contributed by atoms with Gasteiger partial charge < -0.3 is 16.2 Å². The molecule has 0 aliphatic carbocycles. The number of carbonyl (C=O) groups excluding carboxylic acids is 1. The molecule has 2 rings (SSSR count). The normalized spacial score (nSPS) is 10.1. The molecule has 0 fully saturated rings. The zero-order valence-electron chi connectivity index (χ0n) is 10.7. The van der Waals surface area contributed by atoms with E-state index >= 15 is 0 Å². The largest absolute Gasteiger partial charge is 0.478 e. The van der Waals surface area contributed by atoms with Gasteiger partial charge in [-0.05, 0) is 24.3 Å². The van der Waals surface area contributed by atoms with Crippen molar-refractivity contribution >= 4 is 35.3 Å². The van der Waals surface area contributed by atoms with Gasteiger partial charge in [-0.2, -0.15) is 4.98 Å². The molecule has 1 amide bonds. The molecular weight excluding hydrogens is 294 g/mol. The van der Waals surface area contributed by atoms with Crippen LogP contribution in [0.15, 0.2) is 35.7 Å². The molecule has 1 aromatic carbocycles. The lowest BCUT2D eigenvalue weighted by molar-refractivity contribution is -0.113. The average molecular weight is 305 g/mol. The molecule has 0 radical (unpaired) electrons. The van der Waals surface area contributed by atoms with E-state index in [1.807, 2.05) is 0 Å².